The maximum absolute atomic E-state index is 12.7. The molecule has 29 heavy (non-hydrogen) atoms. The minimum Gasteiger partial charge on any atom is -0.444 e. The number of aryl methyl sites for hydroxylation is 1. The molecule has 2 rings (SSSR count). The molecule has 8 heteroatoms. The van der Waals surface area contributed by atoms with E-state index in [2.05, 4.69) is 10.6 Å². The van der Waals surface area contributed by atoms with E-state index in [4.69, 9.17) is 4.74 Å². The Balaban J connectivity index is 2.18. The predicted octanol–water partition coefficient (Wildman–Crippen LogP) is 4.25. The third kappa shape index (κ3) is 6.44. The number of para-hydroxylation sites is 1. The average Bonchev–Trinajstić information content (AvgIpc) is 2.83. The molecule has 0 aromatic heterocycles. The van der Waals surface area contributed by atoms with Gasteiger partial charge in [-0.15, -0.1) is 0 Å². The van der Waals surface area contributed by atoms with E-state index in [1.54, 1.807) is 39.8 Å². The van der Waals surface area contributed by atoms with Gasteiger partial charge < -0.3 is 15.4 Å². The molecular formula is C21H31N3O5. The molecular weight excluding hydrogens is 374 g/mol. The highest BCUT2D eigenvalue weighted by Gasteiger charge is 2.35. The Morgan fingerprint density at radius 3 is 2.34 bits per heavy atom. The van der Waals surface area contributed by atoms with Gasteiger partial charge in [0.05, 0.1) is 10.5 Å². The Bertz CT molecular complexity index is 762. The van der Waals surface area contributed by atoms with Crippen LogP contribution in [-0.2, 0) is 4.74 Å². The SMILES string of the molecule is Cc1cccc(C(=O)NCC2(NC(=O)OC(C)(C)C)CCCCCC2)c1[N+](=O)[O-]. The molecule has 1 fully saturated rings. The van der Waals surface area contributed by atoms with Crippen molar-refractivity contribution in [3.63, 3.8) is 0 Å². The molecule has 2 amide bonds. The lowest BCUT2D eigenvalue weighted by atomic mass is 9.90. The number of amides is 2. The first-order valence-electron chi connectivity index (χ1n) is 10.1. The summed E-state index contributed by atoms with van der Waals surface area (Å²) in [6.07, 6.45) is 4.89. The summed E-state index contributed by atoms with van der Waals surface area (Å²) in [7, 11) is 0. The van der Waals surface area contributed by atoms with Crippen molar-refractivity contribution in [2.45, 2.75) is 77.4 Å². The van der Waals surface area contributed by atoms with E-state index < -0.39 is 28.1 Å². The molecule has 2 N–H and O–H groups in total. The van der Waals surface area contributed by atoms with Gasteiger partial charge in [-0.1, -0.05) is 37.8 Å². The van der Waals surface area contributed by atoms with Crippen molar-refractivity contribution in [2.24, 2.45) is 0 Å². The van der Waals surface area contributed by atoms with Crippen LogP contribution < -0.4 is 10.6 Å². The maximum atomic E-state index is 12.7. The molecule has 1 aromatic rings. The number of carbonyl (C=O) groups is 2. The first-order valence-corrected chi connectivity index (χ1v) is 10.1. The van der Waals surface area contributed by atoms with Gasteiger partial charge in [0.25, 0.3) is 11.6 Å². The molecule has 1 aliphatic rings. The van der Waals surface area contributed by atoms with Crippen molar-refractivity contribution >= 4 is 17.7 Å². The van der Waals surface area contributed by atoms with Gasteiger partial charge in [-0.2, -0.15) is 0 Å². The fraction of sp³-hybridized carbons (Fsp3) is 0.619. The average molecular weight is 405 g/mol. The van der Waals surface area contributed by atoms with Gasteiger partial charge in [-0.3, -0.25) is 14.9 Å². The van der Waals surface area contributed by atoms with E-state index in [-0.39, 0.29) is 17.8 Å². The molecule has 0 aliphatic heterocycles. The van der Waals surface area contributed by atoms with Crippen LogP contribution in [-0.4, -0.2) is 34.6 Å². The lowest BCUT2D eigenvalue weighted by molar-refractivity contribution is -0.385. The Morgan fingerprint density at radius 2 is 1.79 bits per heavy atom. The molecule has 0 radical (unpaired) electrons. The Morgan fingerprint density at radius 1 is 1.17 bits per heavy atom. The van der Waals surface area contributed by atoms with Gasteiger partial charge in [-0.25, -0.2) is 4.79 Å². The first-order chi connectivity index (χ1) is 13.5. The third-order valence-electron chi connectivity index (χ3n) is 5.08. The number of carbonyl (C=O) groups excluding carboxylic acids is 2. The van der Waals surface area contributed by atoms with Crippen LogP contribution in [0.3, 0.4) is 0 Å². The number of nitro groups is 1. The number of nitrogens with one attached hydrogen (secondary N) is 2. The minimum absolute atomic E-state index is 0.0241. The van der Waals surface area contributed by atoms with Gasteiger partial charge in [0, 0.05) is 12.1 Å². The second-order valence-corrected chi connectivity index (χ2v) is 8.73. The van der Waals surface area contributed by atoms with Crippen molar-refractivity contribution in [3.8, 4) is 0 Å². The fourth-order valence-electron chi connectivity index (χ4n) is 3.70. The van der Waals surface area contributed by atoms with E-state index >= 15 is 0 Å². The van der Waals surface area contributed by atoms with Gasteiger partial charge in [-0.05, 0) is 46.6 Å². The van der Waals surface area contributed by atoms with E-state index in [0.717, 1.165) is 25.7 Å². The number of hydrogen-bond donors (Lipinski definition) is 2. The monoisotopic (exact) mass is 405 g/mol. The summed E-state index contributed by atoms with van der Waals surface area (Å²) in [4.78, 5) is 36.0. The number of hydrogen-bond acceptors (Lipinski definition) is 5. The summed E-state index contributed by atoms with van der Waals surface area (Å²) in [6, 6.07) is 4.67. The second-order valence-electron chi connectivity index (χ2n) is 8.73. The highest BCUT2D eigenvalue weighted by atomic mass is 16.6. The predicted molar refractivity (Wildman–Crippen MR) is 110 cm³/mol. The normalized spacial score (nSPS) is 16.4. The molecule has 0 saturated heterocycles. The number of alkyl carbamates (subject to hydrolysis) is 1. The maximum Gasteiger partial charge on any atom is 0.408 e. The van der Waals surface area contributed by atoms with E-state index in [9.17, 15) is 19.7 Å². The van der Waals surface area contributed by atoms with E-state index in [0.29, 0.717) is 18.4 Å². The molecule has 0 bridgehead atoms. The molecule has 0 unspecified atom stereocenters. The molecule has 160 valence electrons. The van der Waals surface area contributed by atoms with Crippen LogP contribution in [0.15, 0.2) is 18.2 Å². The fourth-order valence-corrected chi connectivity index (χ4v) is 3.70. The quantitative estimate of drug-likeness (QED) is 0.432. The third-order valence-corrected chi connectivity index (χ3v) is 5.08. The second kappa shape index (κ2) is 9.24. The van der Waals surface area contributed by atoms with Gasteiger partial charge in [0.2, 0.25) is 0 Å². The van der Waals surface area contributed by atoms with Crippen molar-refractivity contribution in [2.75, 3.05) is 6.54 Å². The Kier molecular flexibility index (Phi) is 7.21. The van der Waals surface area contributed by atoms with Crippen molar-refractivity contribution in [1.29, 1.82) is 0 Å². The smallest absolute Gasteiger partial charge is 0.408 e. The summed E-state index contributed by atoms with van der Waals surface area (Å²) < 4.78 is 5.41. The van der Waals surface area contributed by atoms with Crippen LogP contribution in [0.2, 0.25) is 0 Å². The summed E-state index contributed by atoms with van der Waals surface area (Å²) in [5.74, 6) is -0.519. The Labute approximate surface area is 171 Å². The van der Waals surface area contributed by atoms with E-state index in [1.165, 1.54) is 6.07 Å². The number of nitrogens with zero attached hydrogens (tertiary/aromatic N) is 1. The highest BCUT2D eigenvalue weighted by molar-refractivity contribution is 5.98. The van der Waals surface area contributed by atoms with Crippen molar-refractivity contribution < 1.29 is 19.2 Å². The number of benzene rings is 1. The minimum atomic E-state index is -0.632. The lowest BCUT2D eigenvalue weighted by Gasteiger charge is -2.35. The van der Waals surface area contributed by atoms with Crippen LogP contribution >= 0.6 is 0 Å². The van der Waals surface area contributed by atoms with Crippen molar-refractivity contribution in [1.82, 2.24) is 10.6 Å². The number of ether oxygens (including phenoxy) is 1. The molecule has 0 spiro atoms. The molecule has 0 heterocycles. The van der Waals surface area contributed by atoms with Gasteiger partial charge in [0.15, 0.2) is 0 Å². The largest absolute Gasteiger partial charge is 0.444 e. The Hall–Kier alpha value is -2.64. The molecule has 1 saturated carbocycles. The molecule has 1 aromatic carbocycles. The zero-order chi connectivity index (χ0) is 21.7. The lowest BCUT2D eigenvalue weighted by Crippen LogP contribution is -2.56. The zero-order valence-corrected chi connectivity index (χ0v) is 17.7. The van der Waals surface area contributed by atoms with Crippen LogP contribution in [0.5, 0.6) is 0 Å². The number of rotatable bonds is 5. The number of nitro benzene ring substituents is 1. The zero-order valence-electron chi connectivity index (χ0n) is 17.7. The van der Waals surface area contributed by atoms with Crippen LogP contribution in [0.4, 0.5) is 10.5 Å². The van der Waals surface area contributed by atoms with Gasteiger partial charge >= 0.3 is 6.09 Å². The van der Waals surface area contributed by atoms with Crippen LogP contribution in [0.25, 0.3) is 0 Å². The molecule has 8 nitrogen and oxygen atoms in total. The summed E-state index contributed by atoms with van der Waals surface area (Å²) >= 11 is 0. The summed E-state index contributed by atoms with van der Waals surface area (Å²) in [6.45, 7) is 7.18. The van der Waals surface area contributed by atoms with Crippen LogP contribution in [0, 0.1) is 17.0 Å². The topological polar surface area (TPSA) is 111 Å². The molecule has 0 atom stereocenters. The summed E-state index contributed by atoms with van der Waals surface area (Å²) in [5.41, 5.74) is -0.996. The standard InChI is InChI=1S/C21H31N3O5/c1-15-10-9-11-16(17(15)24(27)28)18(25)22-14-21(12-7-5-6-8-13-21)23-19(26)29-20(2,3)4/h9-11H,5-8,12-14H2,1-4H3,(H,22,25)(H,23,26). The van der Waals surface area contributed by atoms with Gasteiger partial charge in [0.1, 0.15) is 11.2 Å². The molecule has 1 aliphatic carbocycles. The first kappa shape index (κ1) is 22.6. The van der Waals surface area contributed by atoms with E-state index in [1.807, 2.05) is 0 Å². The van der Waals surface area contributed by atoms with Crippen LogP contribution in [0.1, 0.15) is 75.2 Å². The summed E-state index contributed by atoms with van der Waals surface area (Å²) in [5, 5.41) is 17.2. The van der Waals surface area contributed by atoms with Crippen molar-refractivity contribution in [3.05, 3.63) is 39.4 Å². The highest BCUT2D eigenvalue weighted by Crippen LogP contribution is 2.28.